The van der Waals surface area contributed by atoms with Gasteiger partial charge >= 0.3 is 0 Å². The van der Waals surface area contributed by atoms with Gasteiger partial charge in [0.05, 0.1) is 12.0 Å². The summed E-state index contributed by atoms with van der Waals surface area (Å²) in [6.45, 7) is 0. The third-order valence-electron chi connectivity index (χ3n) is 5.53. The van der Waals surface area contributed by atoms with E-state index in [0.29, 0.717) is 29.5 Å². The van der Waals surface area contributed by atoms with Gasteiger partial charge in [-0.3, -0.25) is 19.7 Å². The highest BCUT2D eigenvalue weighted by Crippen LogP contribution is 2.36. The number of rotatable bonds is 6. The van der Waals surface area contributed by atoms with E-state index in [9.17, 15) is 14.4 Å². The average Bonchev–Trinajstić information content (AvgIpc) is 3.40. The van der Waals surface area contributed by atoms with Crippen molar-refractivity contribution in [2.24, 2.45) is 5.92 Å². The van der Waals surface area contributed by atoms with Crippen LogP contribution in [0, 0.1) is 5.92 Å². The lowest BCUT2D eigenvalue weighted by atomic mass is 9.97. The molecule has 3 aromatic rings. The number of amides is 3. The van der Waals surface area contributed by atoms with Crippen LogP contribution < -0.4 is 10.6 Å². The van der Waals surface area contributed by atoms with Gasteiger partial charge in [-0.05, 0) is 59.5 Å². The Hall–Kier alpha value is -3.88. The number of nitrogens with one attached hydrogen (secondary N) is 2. The summed E-state index contributed by atoms with van der Waals surface area (Å²) in [5.41, 5.74) is 2.90. The van der Waals surface area contributed by atoms with Crippen molar-refractivity contribution in [3.8, 4) is 11.4 Å². The lowest BCUT2D eigenvalue weighted by Crippen LogP contribution is -2.22. The number of imide groups is 1. The number of carbonyl (C=O) groups is 3. The molecule has 1 atom stereocenters. The molecule has 1 saturated carbocycles. The van der Waals surface area contributed by atoms with E-state index < -0.39 is 0 Å². The first-order valence-electron chi connectivity index (χ1n) is 10.2. The second-order valence-electron chi connectivity index (χ2n) is 7.93. The zero-order chi connectivity index (χ0) is 21.4. The monoisotopic (exact) mass is 416 g/mol. The molecule has 1 aromatic heterocycles. The maximum Gasteiger partial charge on any atom is 0.255 e. The molecule has 3 amide bonds. The minimum atomic E-state index is -0.345. The van der Waals surface area contributed by atoms with Crippen molar-refractivity contribution < 1.29 is 14.4 Å². The first-order chi connectivity index (χ1) is 15.1. The van der Waals surface area contributed by atoms with E-state index in [2.05, 4.69) is 26.2 Å². The number of hydrogen-bond donors (Lipinski definition) is 2. The van der Waals surface area contributed by atoms with Crippen LogP contribution in [0.5, 0.6) is 0 Å². The first kappa shape index (κ1) is 19.1. The normalized spacial score (nSPS) is 18.1. The third kappa shape index (κ3) is 4.07. The standard InChI is InChI=1S/C22H20N6O3/c29-19-12-16(22(31)24-19)10-13-4-6-14(7-5-13)21(30)23-17-3-1-2-15(11-17)20-25-26-27-28(20)18-8-9-18/h1-7,11,16,18H,8-10,12H2,(H,23,30)(H,24,29,31). The van der Waals surface area contributed by atoms with Crippen LogP contribution in [-0.4, -0.2) is 37.9 Å². The molecular formula is C22H20N6O3. The number of hydrogen-bond acceptors (Lipinski definition) is 6. The Morgan fingerprint density at radius 2 is 1.94 bits per heavy atom. The zero-order valence-electron chi connectivity index (χ0n) is 16.6. The molecule has 1 aliphatic carbocycles. The van der Waals surface area contributed by atoms with Gasteiger partial charge in [0.2, 0.25) is 11.8 Å². The number of aromatic nitrogens is 4. The second kappa shape index (κ2) is 7.75. The Balaban J connectivity index is 1.26. The SMILES string of the molecule is O=C1CC(Cc2ccc(C(=O)Nc3cccc(-c4nnnn4C4CC4)c3)cc2)C(=O)N1. The smallest absolute Gasteiger partial charge is 0.255 e. The minimum Gasteiger partial charge on any atom is -0.322 e. The largest absolute Gasteiger partial charge is 0.322 e. The highest BCUT2D eigenvalue weighted by atomic mass is 16.2. The molecule has 1 saturated heterocycles. The first-order valence-corrected chi connectivity index (χ1v) is 10.2. The topological polar surface area (TPSA) is 119 Å². The molecule has 0 spiro atoms. The molecule has 1 aliphatic heterocycles. The molecule has 2 fully saturated rings. The summed E-state index contributed by atoms with van der Waals surface area (Å²) in [6, 6.07) is 14.9. The van der Waals surface area contributed by atoms with Gasteiger partial charge in [0.1, 0.15) is 0 Å². The van der Waals surface area contributed by atoms with Gasteiger partial charge < -0.3 is 5.32 Å². The van der Waals surface area contributed by atoms with E-state index in [1.807, 2.05) is 41.1 Å². The molecule has 31 heavy (non-hydrogen) atoms. The number of benzene rings is 2. The second-order valence-corrected chi connectivity index (χ2v) is 7.93. The fourth-order valence-corrected chi connectivity index (χ4v) is 3.74. The highest BCUT2D eigenvalue weighted by molar-refractivity contribution is 6.05. The van der Waals surface area contributed by atoms with Crippen molar-refractivity contribution >= 4 is 23.4 Å². The highest BCUT2D eigenvalue weighted by Gasteiger charge is 2.30. The Morgan fingerprint density at radius 3 is 2.65 bits per heavy atom. The molecule has 2 heterocycles. The number of nitrogens with zero attached hydrogens (tertiary/aromatic N) is 4. The van der Waals surface area contributed by atoms with E-state index >= 15 is 0 Å². The van der Waals surface area contributed by atoms with Gasteiger partial charge in [0.25, 0.3) is 5.91 Å². The Morgan fingerprint density at radius 1 is 1.13 bits per heavy atom. The lowest BCUT2D eigenvalue weighted by Gasteiger charge is -2.09. The molecule has 2 aliphatic rings. The predicted molar refractivity (Wildman–Crippen MR) is 111 cm³/mol. The van der Waals surface area contributed by atoms with E-state index in [1.54, 1.807) is 12.1 Å². The molecule has 2 N–H and O–H groups in total. The fraction of sp³-hybridized carbons (Fsp3) is 0.273. The zero-order valence-corrected chi connectivity index (χ0v) is 16.6. The summed E-state index contributed by atoms with van der Waals surface area (Å²) < 4.78 is 1.83. The summed E-state index contributed by atoms with van der Waals surface area (Å²) in [5, 5.41) is 17.2. The average molecular weight is 416 g/mol. The van der Waals surface area contributed by atoms with Gasteiger partial charge in [0, 0.05) is 23.2 Å². The number of anilines is 1. The molecule has 2 aromatic carbocycles. The Kier molecular flexibility index (Phi) is 4.78. The van der Waals surface area contributed by atoms with E-state index in [0.717, 1.165) is 24.0 Å². The summed E-state index contributed by atoms with van der Waals surface area (Å²) in [5.74, 6) is -0.363. The predicted octanol–water partition coefficient (Wildman–Crippen LogP) is 2.13. The molecule has 9 heteroatoms. The quantitative estimate of drug-likeness (QED) is 0.594. The maximum absolute atomic E-state index is 12.7. The van der Waals surface area contributed by atoms with Crippen molar-refractivity contribution in [2.75, 3.05) is 5.32 Å². The van der Waals surface area contributed by atoms with Gasteiger partial charge in [0.15, 0.2) is 5.82 Å². The number of carbonyl (C=O) groups excluding carboxylic acids is 3. The van der Waals surface area contributed by atoms with E-state index in [-0.39, 0.29) is 30.1 Å². The summed E-state index contributed by atoms with van der Waals surface area (Å²) >= 11 is 0. The van der Waals surface area contributed by atoms with Crippen LogP contribution >= 0.6 is 0 Å². The summed E-state index contributed by atoms with van der Waals surface area (Å²) in [4.78, 5) is 35.7. The van der Waals surface area contributed by atoms with Gasteiger partial charge in [-0.2, -0.15) is 0 Å². The van der Waals surface area contributed by atoms with Crippen molar-refractivity contribution in [3.05, 3.63) is 59.7 Å². The van der Waals surface area contributed by atoms with Crippen molar-refractivity contribution in [1.82, 2.24) is 25.5 Å². The minimum absolute atomic E-state index is 0.210. The maximum atomic E-state index is 12.7. The van der Waals surface area contributed by atoms with Crippen LogP contribution in [0.4, 0.5) is 5.69 Å². The van der Waals surface area contributed by atoms with E-state index in [1.165, 1.54) is 0 Å². The molecule has 156 valence electrons. The van der Waals surface area contributed by atoms with Gasteiger partial charge in [-0.15, -0.1) is 5.10 Å². The Labute approximate surface area is 177 Å². The summed E-state index contributed by atoms with van der Waals surface area (Å²) in [7, 11) is 0. The summed E-state index contributed by atoms with van der Waals surface area (Å²) in [6.07, 6.45) is 2.83. The molecule has 0 bridgehead atoms. The van der Waals surface area contributed by atoms with Crippen LogP contribution in [0.2, 0.25) is 0 Å². The van der Waals surface area contributed by atoms with Gasteiger partial charge in [-0.1, -0.05) is 24.3 Å². The van der Waals surface area contributed by atoms with Crippen LogP contribution in [0.3, 0.4) is 0 Å². The third-order valence-corrected chi connectivity index (χ3v) is 5.53. The van der Waals surface area contributed by atoms with Gasteiger partial charge in [-0.25, -0.2) is 4.68 Å². The molecule has 9 nitrogen and oxygen atoms in total. The van der Waals surface area contributed by atoms with Crippen LogP contribution in [0.1, 0.15) is 41.2 Å². The molecule has 0 radical (unpaired) electrons. The Bertz CT molecular complexity index is 1170. The van der Waals surface area contributed by atoms with Crippen molar-refractivity contribution in [3.63, 3.8) is 0 Å². The molecule has 1 unspecified atom stereocenters. The lowest BCUT2D eigenvalue weighted by molar-refractivity contribution is -0.125. The number of tetrazole rings is 1. The molecule has 5 rings (SSSR count). The van der Waals surface area contributed by atoms with E-state index in [4.69, 9.17) is 0 Å². The van der Waals surface area contributed by atoms with Crippen molar-refractivity contribution in [1.29, 1.82) is 0 Å². The van der Waals surface area contributed by atoms with Crippen molar-refractivity contribution in [2.45, 2.75) is 31.7 Å². The molecular weight excluding hydrogens is 396 g/mol. The fourth-order valence-electron chi connectivity index (χ4n) is 3.74. The van der Waals surface area contributed by atoms with Crippen LogP contribution in [-0.2, 0) is 16.0 Å². The van der Waals surface area contributed by atoms with Crippen LogP contribution in [0.15, 0.2) is 48.5 Å². The van der Waals surface area contributed by atoms with Crippen LogP contribution in [0.25, 0.3) is 11.4 Å².